The van der Waals surface area contributed by atoms with Gasteiger partial charge in [0.2, 0.25) is 0 Å². The summed E-state index contributed by atoms with van der Waals surface area (Å²) in [6.07, 6.45) is 0. The minimum absolute atomic E-state index is 0.673. The number of aryl methyl sites for hydroxylation is 1. The molecular formula is C24H22Cl2N4S. The molecule has 0 amide bonds. The second kappa shape index (κ2) is 8.75. The molecule has 158 valence electrons. The van der Waals surface area contributed by atoms with E-state index < -0.39 is 0 Å². The lowest BCUT2D eigenvalue weighted by Gasteiger charge is -2.36. The standard InChI is InChI=1S/C24H22Cl2N4S/c1-16-13-20-23(27-22(28-24(20)31-16)17-5-3-2-4-6-17)30-11-9-29(10-12-30)15-18-7-8-19(25)14-21(18)26/h2-8,13-14H,9-12,15H2,1H3. The van der Waals surface area contributed by atoms with Crippen LogP contribution in [0.15, 0.2) is 54.6 Å². The summed E-state index contributed by atoms with van der Waals surface area (Å²) in [5.41, 5.74) is 2.16. The van der Waals surface area contributed by atoms with Crippen molar-refractivity contribution in [1.82, 2.24) is 14.9 Å². The van der Waals surface area contributed by atoms with Gasteiger partial charge in [0.05, 0.1) is 5.39 Å². The van der Waals surface area contributed by atoms with Crippen LogP contribution in [-0.2, 0) is 6.54 Å². The van der Waals surface area contributed by atoms with Crippen LogP contribution < -0.4 is 4.90 Å². The number of piperazine rings is 1. The predicted octanol–water partition coefficient (Wildman–Crippen LogP) is 6.30. The number of thiophene rings is 1. The van der Waals surface area contributed by atoms with Gasteiger partial charge < -0.3 is 4.90 Å². The van der Waals surface area contributed by atoms with Gasteiger partial charge in [-0.05, 0) is 30.7 Å². The Kier molecular flexibility index (Phi) is 5.85. The molecule has 5 rings (SSSR count). The molecule has 1 saturated heterocycles. The first-order chi connectivity index (χ1) is 15.1. The molecule has 2 aromatic carbocycles. The van der Waals surface area contributed by atoms with E-state index in [9.17, 15) is 0 Å². The summed E-state index contributed by atoms with van der Waals surface area (Å²) in [4.78, 5) is 17.0. The average Bonchev–Trinajstić information content (AvgIpc) is 3.16. The van der Waals surface area contributed by atoms with Crippen molar-refractivity contribution in [2.45, 2.75) is 13.5 Å². The molecule has 4 nitrogen and oxygen atoms in total. The van der Waals surface area contributed by atoms with E-state index in [4.69, 9.17) is 33.2 Å². The van der Waals surface area contributed by atoms with Gasteiger partial charge in [0.1, 0.15) is 10.6 Å². The van der Waals surface area contributed by atoms with Crippen LogP contribution in [0.25, 0.3) is 21.6 Å². The molecule has 3 heterocycles. The van der Waals surface area contributed by atoms with Gasteiger partial charge in [-0.25, -0.2) is 9.97 Å². The molecule has 2 aromatic heterocycles. The van der Waals surface area contributed by atoms with Gasteiger partial charge in [-0.2, -0.15) is 0 Å². The maximum Gasteiger partial charge on any atom is 0.163 e. The topological polar surface area (TPSA) is 32.3 Å². The molecule has 0 aliphatic carbocycles. The first kappa shape index (κ1) is 20.7. The first-order valence-electron chi connectivity index (χ1n) is 10.3. The van der Waals surface area contributed by atoms with Gasteiger partial charge in [0, 0.05) is 53.2 Å². The maximum absolute atomic E-state index is 6.38. The van der Waals surface area contributed by atoms with Crippen LogP contribution >= 0.6 is 34.5 Å². The summed E-state index contributed by atoms with van der Waals surface area (Å²) in [7, 11) is 0. The fourth-order valence-electron chi connectivity index (χ4n) is 3.99. The molecule has 1 fully saturated rings. The zero-order valence-corrected chi connectivity index (χ0v) is 19.5. The summed E-state index contributed by atoms with van der Waals surface area (Å²) in [5.74, 6) is 1.83. The summed E-state index contributed by atoms with van der Waals surface area (Å²) < 4.78 is 0. The van der Waals surface area contributed by atoms with Gasteiger partial charge in [0.25, 0.3) is 0 Å². The van der Waals surface area contributed by atoms with Gasteiger partial charge in [-0.1, -0.05) is 59.6 Å². The Hall–Kier alpha value is -2.18. The normalized spacial score (nSPS) is 15.0. The Balaban J connectivity index is 1.39. The quantitative estimate of drug-likeness (QED) is 0.351. The third kappa shape index (κ3) is 4.41. The van der Waals surface area contributed by atoms with Crippen molar-refractivity contribution in [1.29, 1.82) is 0 Å². The van der Waals surface area contributed by atoms with E-state index in [1.165, 1.54) is 4.88 Å². The van der Waals surface area contributed by atoms with E-state index in [0.29, 0.717) is 5.02 Å². The van der Waals surface area contributed by atoms with Crippen LogP contribution in [-0.4, -0.2) is 41.0 Å². The van der Waals surface area contributed by atoms with Crippen LogP contribution in [0.4, 0.5) is 5.82 Å². The number of halogens is 2. The highest BCUT2D eigenvalue weighted by Crippen LogP contribution is 2.33. The van der Waals surface area contributed by atoms with Crippen LogP contribution in [0.2, 0.25) is 10.0 Å². The fraction of sp³-hybridized carbons (Fsp3) is 0.250. The molecular weight excluding hydrogens is 447 g/mol. The van der Waals surface area contributed by atoms with Gasteiger partial charge >= 0.3 is 0 Å². The van der Waals surface area contributed by atoms with Crippen molar-refractivity contribution in [3.05, 3.63) is 75.1 Å². The van der Waals surface area contributed by atoms with E-state index >= 15 is 0 Å². The van der Waals surface area contributed by atoms with Crippen molar-refractivity contribution in [2.24, 2.45) is 0 Å². The van der Waals surface area contributed by atoms with Crippen LogP contribution in [0.3, 0.4) is 0 Å². The fourth-order valence-corrected chi connectivity index (χ4v) is 5.34. The molecule has 1 aliphatic heterocycles. The molecule has 7 heteroatoms. The Bertz CT molecular complexity index is 1220. The van der Waals surface area contributed by atoms with Crippen LogP contribution in [0.5, 0.6) is 0 Å². The van der Waals surface area contributed by atoms with E-state index in [1.807, 2.05) is 36.4 Å². The molecule has 0 bridgehead atoms. The Labute approximate surface area is 196 Å². The lowest BCUT2D eigenvalue weighted by molar-refractivity contribution is 0.249. The lowest BCUT2D eigenvalue weighted by Crippen LogP contribution is -2.46. The van der Waals surface area contributed by atoms with Crippen molar-refractivity contribution in [2.75, 3.05) is 31.1 Å². The number of fused-ring (bicyclic) bond motifs is 1. The van der Waals surface area contributed by atoms with Gasteiger partial charge in [-0.15, -0.1) is 11.3 Å². The maximum atomic E-state index is 6.38. The number of hydrogen-bond acceptors (Lipinski definition) is 5. The smallest absolute Gasteiger partial charge is 0.163 e. The number of nitrogens with zero attached hydrogens (tertiary/aromatic N) is 4. The van der Waals surface area contributed by atoms with Crippen LogP contribution in [0.1, 0.15) is 10.4 Å². The molecule has 0 radical (unpaired) electrons. The summed E-state index contributed by atoms with van der Waals surface area (Å²) >= 11 is 14.1. The highest BCUT2D eigenvalue weighted by molar-refractivity contribution is 7.18. The number of hydrogen-bond donors (Lipinski definition) is 0. The zero-order valence-electron chi connectivity index (χ0n) is 17.2. The number of anilines is 1. The Morgan fingerprint density at radius 1 is 0.935 bits per heavy atom. The predicted molar refractivity (Wildman–Crippen MR) is 132 cm³/mol. The highest BCUT2D eigenvalue weighted by Gasteiger charge is 2.22. The Morgan fingerprint density at radius 3 is 2.45 bits per heavy atom. The number of rotatable bonds is 4. The summed E-state index contributed by atoms with van der Waals surface area (Å²) in [6.45, 7) is 6.70. The van der Waals surface area contributed by atoms with E-state index in [1.54, 1.807) is 11.3 Å². The molecule has 0 unspecified atom stereocenters. The van der Waals surface area contributed by atoms with Crippen LogP contribution in [0, 0.1) is 6.92 Å². The molecule has 0 atom stereocenters. The molecule has 0 saturated carbocycles. The number of aromatic nitrogens is 2. The molecule has 31 heavy (non-hydrogen) atoms. The minimum atomic E-state index is 0.673. The monoisotopic (exact) mass is 468 g/mol. The van der Waals surface area contributed by atoms with Crippen molar-refractivity contribution in [3.63, 3.8) is 0 Å². The molecule has 0 spiro atoms. The zero-order chi connectivity index (χ0) is 21.4. The van der Waals surface area contributed by atoms with E-state index in [-0.39, 0.29) is 0 Å². The molecule has 1 aliphatic rings. The van der Waals surface area contributed by atoms with Crippen molar-refractivity contribution < 1.29 is 0 Å². The highest BCUT2D eigenvalue weighted by atomic mass is 35.5. The number of benzene rings is 2. The summed E-state index contributed by atoms with van der Waals surface area (Å²) in [6, 6.07) is 18.2. The summed E-state index contributed by atoms with van der Waals surface area (Å²) in [5, 5.41) is 2.55. The van der Waals surface area contributed by atoms with Gasteiger partial charge in [-0.3, -0.25) is 4.90 Å². The third-order valence-electron chi connectivity index (χ3n) is 5.61. The van der Waals surface area contributed by atoms with Crippen molar-refractivity contribution >= 4 is 50.6 Å². The van der Waals surface area contributed by atoms with Gasteiger partial charge in [0.15, 0.2) is 5.82 Å². The molecule has 0 N–H and O–H groups in total. The Morgan fingerprint density at radius 2 is 1.71 bits per heavy atom. The average molecular weight is 469 g/mol. The third-order valence-corrected chi connectivity index (χ3v) is 7.14. The minimum Gasteiger partial charge on any atom is -0.353 e. The van der Waals surface area contributed by atoms with E-state index in [0.717, 1.165) is 70.7 Å². The largest absolute Gasteiger partial charge is 0.353 e. The SMILES string of the molecule is Cc1cc2c(N3CCN(Cc4ccc(Cl)cc4Cl)CC3)nc(-c3ccccc3)nc2s1. The lowest BCUT2D eigenvalue weighted by atomic mass is 10.2. The second-order valence-electron chi connectivity index (χ2n) is 7.81. The van der Waals surface area contributed by atoms with E-state index in [2.05, 4.69) is 34.9 Å². The molecule has 4 aromatic rings. The second-order valence-corrected chi connectivity index (χ2v) is 9.89. The first-order valence-corrected chi connectivity index (χ1v) is 11.9. The van der Waals surface area contributed by atoms with Crippen molar-refractivity contribution in [3.8, 4) is 11.4 Å².